The van der Waals surface area contributed by atoms with Gasteiger partial charge in [-0.3, -0.25) is 9.79 Å². The Hall–Kier alpha value is -1.23. The number of thioether (sulfide) groups is 1. The van der Waals surface area contributed by atoms with Crippen LogP contribution in [-0.4, -0.2) is 23.8 Å². The third-order valence-electron chi connectivity index (χ3n) is 2.86. The summed E-state index contributed by atoms with van der Waals surface area (Å²) in [6, 6.07) is 5.67. The molecule has 0 aliphatic carbocycles. The molecule has 1 aliphatic heterocycles. The molecule has 0 amide bonds. The van der Waals surface area contributed by atoms with Crippen LogP contribution >= 0.6 is 11.8 Å². The van der Waals surface area contributed by atoms with Gasteiger partial charge in [-0.15, -0.1) is 0 Å². The molecule has 0 fully saturated rings. The number of nitrogens with zero attached hydrogens (tertiary/aromatic N) is 1. The summed E-state index contributed by atoms with van der Waals surface area (Å²) in [5.74, 6) is -0.244. The average molecular weight is 283 g/mol. The maximum Gasteiger partial charge on any atom is 0.257 e. The Morgan fingerprint density at radius 2 is 2.00 bits per heavy atom. The van der Waals surface area contributed by atoms with Crippen molar-refractivity contribution in [2.75, 3.05) is 6.54 Å². The minimum atomic E-state index is -2.52. The van der Waals surface area contributed by atoms with E-state index in [0.29, 0.717) is 5.56 Å². The number of hydrogen-bond acceptors (Lipinski definition) is 3. The number of hydrogen-bond donors (Lipinski definition) is 0. The lowest BCUT2D eigenvalue weighted by molar-refractivity contribution is 0.106. The summed E-state index contributed by atoms with van der Waals surface area (Å²) in [6.07, 6.45) is -2.52. The van der Waals surface area contributed by atoms with E-state index in [-0.39, 0.29) is 16.2 Å². The van der Waals surface area contributed by atoms with E-state index in [9.17, 15) is 13.6 Å². The van der Waals surface area contributed by atoms with Crippen molar-refractivity contribution in [3.8, 4) is 0 Å². The Labute approximate surface area is 115 Å². The Balaban J connectivity index is 2.32. The van der Waals surface area contributed by atoms with Gasteiger partial charge in [0.05, 0.1) is 0 Å². The highest BCUT2D eigenvalue weighted by Crippen LogP contribution is 2.36. The molecule has 0 spiro atoms. The average Bonchev–Trinajstić information content (AvgIpc) is 2.62. The Bertz CT molecular complexity index is 547. The van der Waals surface area contributed by atoms with Crippen LogP contribution in [0.5, 0.6) is 0 Å². The van der Waals surface area contributed by atoms with E-state index < -0.39 is 13.0 Å². The minimum absolute atomic E-state index is 0.0527. The van der Waals surface area contributed by atoms with Crippen molar-refractivity contribution in [2.24, 2.45) is 4.99 Å². The van der Waals surface area contributed by atoms with E-state index in [1.54, 1.807) is 0 Å². The molecule has 5 heteroatoms. The van der Waals surface area contributed by atoms with Gasteiger partial charge in [0, 0.05) is 10.5 Å². The molecule has 2 nitrogen and oxygen atoms in total. The standard InChI is InChI=1S/C14H15F2NOS/c1-14(2,3)8-4-5-10-9(6-8)12(18)13(19-10)17-7-11(15)16/h4-6,11H,7H2,1-3H3/b17-13-. The largest absolute Gasteiger partial charge is 0.286 e. The highest BCUT2D eigenvalue weighted by molar-refractivity contribution is 8.16. The zero-order valence-electron chi connectivity index (χ0n) is 11.0. The molecule has 1 aliphatic rings. The molecule has 102 valence electrons. The summed E-state index contributed by atoms with van der Waals surface area (Å²) in [7, 11) is 0. The van der Waals surface area contributed by atoms with Crippen molar-refractivity contribution in [1.82, 2.24) is 0 Å². The molecule has 2 rings (SSSR count). The maximum atomic E-state index is 12.1. The van der Waals surface area contributed by atoms with Crippen LogP contribution < -0.4 is 0 Å². The van der Waals surface area contributed by atoms with Gasteiger partial charge in [-0.2, -0.15) is 0 Å². The van der Waals surface area contributed by atoms with Crippen LogP contribution in [0.3, 0.4) is 0 Å². The third kappa shape index (κ3) is 3.03. The SMILES string of the molecule is CC(C)(C)c1ccc2c(c1)C(=O)/C(=N/CC(F)F)S2. The first kappa shape index (κ1) is 14.2. The molecule has 1 aromatic rings. The van der Waals surface area contributed by atoms with Crippen LogP contribution in [0.25, 0.3) is 0 Å². The van der Waals surface area contributed by atoms with Crippen molar-refractivity contribution in [3.63, 3.8) is 0 Å². The lowest BCUT2D eigenvalue weighted by atomic mass is 9.86. The lowest BCUT2D eigenvalue weighted by Gasteiger charge is -2.19. The second kappa shape index (κ2) is 5.04. The van der Waals surface area contributed by atoms with Gasteiger partial charge in [-0.05, 0) is 23.1 Å². The predicted molar refractivity (Wildman–Crippen MR) is 73.6 cm³/mol. The van der Waals surface area contributed by atoms with Crippen molar-refractivity contribution in [2.45, 2.75) is 37.5 Å². The first-order chi connectivity index (χ1) is 8.79. The molecule has 0 unspecified atom stereocenters. The van der Waals surface area contributed by atoms with Gasteiger partial charge in [0.15, 0.2) is 0 Å². The fourth-order valence-electron chi connectivity index (χ4n) is 1.78. The normalized spacial score (nSPS) is 17.4. The monoisotopic (exact) mass is 283 g/mol. The van der Waals surface area contributed by atoms with Gasteiger partial charge in [-0.25, -0.2) is 8.78 Å². The Morgan fingerprint density at radius 1 is 1.32 bits per heavy atom. The summed E-state index contributed by atoms with van der Waals surface area (Å²) in [5.41, 5.74) is 1.57. The van der Waals surface area contributed by atoms with Gasteiger partial charge in [-0.1, -0.05) is 38.6 Å². The van der Waals surface area contributed by atoms with E-state index in [2.05, 4.69) is 25.8 Å². The predicted octanol–water partition coefficient (Wildman–Crippen LogP) is 3.94. The van der Waals surface area contributed by atoms with Crippen LogP contribution in [0.4, 0.5) is 8.78 Å². The molecular formula is C14H15F2NOS. The molecule has 0 bridgehead atoms. The number of fused-ring (bicyclic) bond motifs is 1. The second-order valence-corrected chi connectivity index (χ2v) is 6.46. The zero-order valence-corrected chi connectivity index (χ0v) is 11.9. The number of carbonyl (C=O) groups is 1. The molecule has 0 saturated heterocycles. The highest BCUT2D eigenvalue weighted by Gasteiger charge is 2.29. The van der Waals surface area contributed by atoms with Gasteiger partial charge in [0.2, 0.25) is 5.78 Å². The van der Waals surface area contributed by atoms with E-state index in [0.717, 1.165) is 10.5 Å². The zero-order chi connectivity index (χ0) is 14.2. The van der Waals surface area contributed by atoms with Crippen LogP contribution in [0.15, 0.2) is 28.1 Å². The minimum Gasteiger partial charge on any atom is -0.286 e. The van der Waals surface area contributed by atoms with Gasteiger partial charge in [0.25, 0.3) is 6.43 Å². The molecule has 0 N–H and O–H groups in total. The molecule has 0 radical (unpaired) electrons. The Morgan fingerprint density at radius 3 is 2.58 bits per heavy atom. The van der Waals surface area contributed by atoms with Crippen LogP contribution in [0.2, 0.25) is 0 Å². The molecule has 19 heavy (non-hydrogen) atoms. The fraction of sp³-hybridized carbons (Fsp3) is 0.429. The number of carbonyl (C=O) groups excluding carboxylic acids is 1. The number of benzene rings is 1. The summed E-state index contributed by atoms with van der Waals surface area (Å²) in [4.78, 5) is 16.6. The van der Waals surface area contributed by atoms with E-state index in [1.807, 2.05) is 18.2 Å². The van der Waals surface area contributed by atoms with E-state index in [1.165, 1.54) is 11.8 Å². The van der Waals surface area contributed by atoms with Crippen LogP contribution in [0.1, 0.15) is 36.7 Å². The first-order valence-corrected chi connectivity index (χ1v) is 6.80. The first-order valence-electron chi connectivity index (χ1n) is 5.98. The lowest BCUT2D eigenvalue weighted by Crippen LogP contribution is -2.12. The third-order valence-corrected chi connectivity index (χ3v) is 3.95. The van der Waals surface area contributed by atoms with Gasteiger partial charge < -0.3 is 0 Å². The van der Waals surface area contributed by atoms with E-state index >= 15 is 0 Å². The highest BCUT2D eigenvalue weighted by atomic mass is 32.2. The van der Waals surface area contributed by atoms with E-state index in [4.69, 9.17) is 0 Å². The second-order valence-electron chi connectivity index (χ2n) is 5.43. The summed E-state index contributed by atoms with van der Waals surface area (Å²) in [6.45, 7) is 5.57. The number of halogens is 2. The van der Waals surface area contributed by atoms with Crippen LogP contribution in [-0.2, 0) is 5.41 Å². The summed E-state index contributed by atoms with van der Waals surface area (Å²) in [5, 5.41) is 0.168. The fourth-order valence-corrected chi connectivity index (χ4v) is 2.73. The summed E-state index contributed by atoms with van der Waals surface area (Å²) >= 11 is 1.17. The number of Topliss-reactive ketones (excluding diaryl/α,β-unsaturated/α-hetero) is 1. The molecule has 0 aromatic heterocycles. The molecule has 1 heterocycles. The maximum absolute atomic E-state index is 12.1. The Kier molecular flexibility index (Phi) is 3.76. The molecular weight excluding hydrogens is 268 g/mol. The number of ketones is 1. The number of rotatable bonds is 2. The van der Waals surface area contributed by atoms with Crippen molar-refractivity contribution in [3.05, 3.63) is 29.3 Å². The van der Waals surface area contributed by atoms with Crippen LogP contribution in [0, 0.1) is 0 Å². The molecule has 0 atom stereocenters. The topological polar surface area (TPSA) is 29.4 Å². The van der Waals surface area contributed by atoms with Crippen molar-refractivity contribution >= 4 is 22.6 Å². The molecule has 0 saturated carbocycles. The van der Waals surface area contributed by atoms with Crippen molar-refractivity contribution in [1.29, 1.82) is 0 Å². The number of alkyl halides is 2. The van der Waals surface area contributed by atoms with Crippen molar-refractivity contribution < 1.29 is 13.6 Å². The van der Waals surface area contributed by atoms with Gasteiger partial charge in [0.1, 0.15) is 11.6 Å². The summed E-state index contributed by atoms with van der Waals surface area (Å²) < 4.78 is 24.3. The smallest absolute Gasteiger partial charge is 0.257 e. The number of aliphatic imine (C=N–C) groups is 1. The quantitative estimate of drug-likeness (QED) is 0.823. The molecule has 1 aromatic carbocycles. The van der Waals surface area contributed by atoms with Gasteiger partial charge >= 0.3 is 0 Å².